The minimum atomic E-state index is 0.509. The van der Waals surface area contributed by atoms with Gasteiger partial charge in [-0.25, -0.2) is 0 Å². The zero-order valence-corrected chi connectivity index (χ0v) is 15.9. The van der Waals surface area contributed by atoms with E-state index in [1.165, 1.54) is 67.2 Å². The second-order valence-corrected chi connectivity index (χ2v) is 10.6. The SMILES string of the molecule is c1cc2cc([S+]3CCCC3)ccc2cc1OCC1CC2CCC1CC2. The van der Waals surface area contributed by atoms with Crippen molar-refractivity contribution in [1.82, 2.24) is 0 Å². The Morgan fingerprint density at radius 1 is 0.880 bits per heavy atom. The van der Waals surface area contributed by atoms with E-state index in [0.29, 0.717) is 10.9 Å². The highest BCUT2D eigenvalue weighted by Crippen LogP contribution is 2.45. The fourth-order valence-corrected chi connectivity index (χ4v) is 7.62. The smallest absolute Gasteiger partial charge is 0.155 e. The van der Waals surface area contributed by atoms with E-state index in [1.807, 2.05) is 0 Å². The van der Waals surface area contributed by atoms with E-state index in [1.54, 1.807) is 4.90 Å². The van der Waals surface area contributed by atoms with Gasteiger partial charge in [-0.15, -0.1) is 0 Å². The van der Waals surface area contributed by atoms with Crippen molar-refractivity contribution in [2.45, 2.75) is 49.8 Å². The van der Waals surface area contributed by atoms with Crippen molar-refractivity contribution in [3.05, 3.63) is 36.4 Å². The van der Waals surface area contributed by atoms with Gasteiger partial charge < -0.3 is 4.74 Å². The molecule has 4 fully saturated rings. The molecule has 0 spiro atoms. The highest BCUT2D eigenvalue weighted by Gasteiger charge is 2.35. The molecule has 0 N–H and O–H groups in total. The standard InChI is InChI=1S/C23H29OS/c1-2-12-25(11-1)23-10-8-19-14-22(9-7-20(19)15-23)24-16-21-13-17-3-5-18(21)6-4-17/h7-10,14-15,17-18,21H,1-6,11-13,16H2/q+1. The third kappa shape index (κ3) is 3.30. The van der Waals surface area contributed by atoms with Crippen LogP contribution in [0.1, 0.15) is 44.9 Å². The quantitative estimate of drug-likeness (QED) is 0.630. The van der Waals surface area contributed by atoms with Crippen LogP contribution in [0.4, 0.5) is 0 Å². The van der Waals surface area contributed by atoms with Crippen LogP contribution < -0.4 is 4.74 Å². The van der Waals surface area contributed by atoms with E-state index in [-0.39, 0.29) is 0 Å². The first-order valence-corrected chi connectivity index (χ1v) is 11.8. The van der Waals surface area contributed by atoms with Crippen molar-refractivity contribution in [2.24, 2.45) is 17.8 Å². The van der Waals surface area contributed by atoms with Gasteiger partial charge in [0.1, 0.15) is 17.3 Å². The third-order valence-corrected chi connectivity index (χ3v) is 9.29. The highest BCUT2D eigenvalue weighted by atomic mass is 32.2. The van der Waals surface area contributed by atoms with Crippen LogP contribution in [0.2, 0.25) is 0 Å². The van der Waals surface area contributed by atoms with Gasteiger partial charge in [-0.2, -0.15) is 0 Å². The molecule has 2 aromatic rings. The van der Waals surface area contributed by atoms with Gasteiger partial charge in [0.15, 0.2) is 4.90 Å². The van der Waals surface area contributed by atoms with Crippen LogP contribution in [0.15, 0.2) is 41.3 Å². The molecule has 25 heavy (non-hydrogen) atoms. The largest absolute Gasteiger partial charge is 0.493 e. The Morgan fingerprint density at radius 3 is 2.40 bits per heavy atom. The van der Waals surface area contributed by atoms with E-state index in [0.717, 1.165) is 30.1 Å². The van der Waals surface area contributed by atoms with Crippen molar-refractivity contribution >= 4 is 21.7 Å². The predicted molar refractivity (Wildman–Crippen MR) is 108 cm³/mol. The molecule has 1 heterocycles. The summed E-state index contributed by atoms with van der Waals surface area (Å²) in [6.07, 6.45) is 10.1. The monoisotopic (exact) mass is 353 g/mol. The molecule has 1 atom stereocenters. The maximum Gasteiger partial charge on any atom is 0.155 e. The molecule has 1 aliphatic heterocycles. The van der Waals surface area contributed by atoms with Gasteiger partial charge in [0.05, 0.1) is 6.61 Å². The molecule has 3 saturated carbocycles. The molecule has 0 amide bonds. The average Bonchev–Trinajstić information content (AvgIpc) is 3.21. The topological polar surface area (TPSA) is 9.23 Å². The van der Waals surface area contributed by atoms with Crippen molar-refractivity contribution in [2.75, 3.05) is 18.1 Å². The van der Waals surface area contributed by atoms with E-state index < -0.39 is 0 Å². The molecule has 132 valence electrons. The van der Waals surface area contributed by atoms with Gasteiger partial charge >= 0.3 is 0 Å². The van der Waals surface area contributed by atoms with Crippen LogP contribution in [-0.2, 0) is 10.9 Å². The molecule has 2 heteroatoms. The molecule has 2 aromatic carbocycles. The average molecular weight is 354 g/mol. The number of rotatable bonds is 4. The summed E-state index contributed by atoms with van der Waals surface area (Å²) in [5, 5.41) is 2.70. The Bertz CT molecular complexity index is 741. The molecular weight excluding hydrogens is 324 g/mol. The lowest BCUT2D eigenvalue weighted by atomic mass is 9.65. The van der Waals surface area contributed by atoms with Crippen molar-refractivity contribution in [1.29, 1.82) is 0 Å². The van der Waals surface area contributed by atoms with E-state index in [4.69, 9.17) is 4.74 Å². The normalized spacial score (nSPS) is 29.4. The second-order valence-electron chi connectivity index (χ2n) is 8.37. The number of hydrogen-bond donors (Lipinski definition) is 0. The summed E-state index contributed by atoms with van der Waals surface area (Å²) in [6, 6.07) is 13.8. The molecule has 1 nitrogen and oxygen atoms in total. The summed E-state index contributed by atoms with van der Waals surface area (Å²) in [5.74, 6) is 6.58. The van der Waals surface area contributed by atoms with E-state index in [9.17, 15) is 0 Å². The fourth-order valence-electron chi connectivity index (χ4n) is 5.28. The van der Waals surface area contributed by atoms with E-state index >= 15 is 0 Å². The molecule has 0 radical (unpaired) electrons. The maximum atomic E-state index is 6.24. The Labute approximate surface area is 154 Å². The minimum Gasteiger partial charge on any atom is -0.493 e. The van der Waals surface area contributed by atoms with Crippen molar-refractivity contribution < 1.29 is 4.74 Å². The first-order chi connectivity index (χ1) is 12.3. The highest BCUT2D eigenvalue weighted by molar-refractivity contribution is 7.97. The van der Waals surface area contributed by atoms with Gasteiger partial charge in [0, 0.05) is 17.0 Å². The summed E-state index contributed by atoms with van der Waals surface area (Å²) in [6.45, 7) is 0.925. The van der Waals surface area contributed by atoms with Crippen LogP contribution in [0.25, 0.3) is 10.8 Å². The summed E-state index contributed by atoms with van der Waals surface area (Å²) in [5.41, 5.74) is 0. The van der Waals surface area contributed by atoms with Gasteiger partial charge in [-0.1, -0.05) is 18.9 Å². The second kappa shape index (κ2) is 6.87. The molecule has 6 rings (SSSR count). The number of ether oxygens (including phenoxy) is 1. The Morgan fingerprint density at radius 2 is 1.64 bits per heavy atom. The molecular formula is C23H29OS+. The lowest BCUT2D eigenvalue weighted by Gasteiger charge is -2.42. The molecule has 2 bridgehead atoms. The number of benzene rings is 2. The van der Waals surface area contributed by atoms with Gasteiger partial charge in [-0.05, 0) is 84.9 Å². The Kier molecular flexibility index (Phi) is 4.41. The van der Waals surface area contributed by atoms with Crippen LogP contribution in [0.5, 0.6) is 5.75 Å². The van der Waals surface area contributed by atoms with Crippen LogP contribution in [0, 0.1) is 17.8 Å². The zero-order valence-electron chi connectivity index (χ0n) is 15.1. The van der Waals surface area contributed by atoms with Gasteiger partial charge in [-0.3, -0.25) is 0 Å². The number of fused-ring (bicyclic) bond motifs is 4. The van der Waals surface area contributed by atoms with Crippen LogP contribution in [-0.4, -0.2) is 18.1 Å². The molecule has 0 aromatic heterocycles. The predicted octanol–water partition coefficient (Wildman–Crippen LogP) is 5.82. The zero-order chi connectivity index (χ0) is 16.6. The lowest BCUT2D eigenvalue weighted by Crippen LogP contribution is -2.34. The first kappa shape index (κ1) is 16.1. The summed E-state index contributed by atoms with van der Waals surface area (Å²) >= 11 is 0. The minimum absolute atomic E-state index is 0.509. The molecule has 3 aliphatic carbocycles. The van der Waals surface area contributed by atoms with E-state index in [2.05, 4.69) is 36.4 Å². The third-order valence-electron chi connectivity index (χ3n) is 6.81. The number of hydrogen-bond acceptors (Lipinski definition) is 1. The van der Waals surface area contributed by atoms with Crippen molar-refractivity contribution in [3.8, 4) is 5.75 Å². The van der Waals surface area contributed by atoms with Crippen LogP contribution >= 0.6 is 0 Å². The molecule has 1 saturated heterocycles. The summed E-state index contributed by atoms with van der Waals surface area (Å²) in [7, 11) is 0.509. The van der Waals surface area contributed by atoms with Gasteiger partial charge in [0.2, 0.25) is 0 Å². The molecule has 4 aliphatic rings. The summed E-state index contributed by atoms with van der Waals surface area (Å²) < 4.78 is 6.24. The summed E-state index contributed by atoms with van der Waals surface area (Å²) in [4.78, 5) is 1.57. The first-order valence-electron chi connectivity index (χ1n) is 10.2. The Hall–Kier alpha value is -1.15. The Balaban J connectivity index is 1.28. The lowest BCUT2D eigenvalue weighted by molar-refractivity contribution is 0.0617. The van der Waals surface area contributed by atoms with Crippen LogP contribution in [0.3, 0.4) is 0 Å². The maximum absolute atomic E-state index is 6.24. The fraction of sp³-hybridized carbons (Fsp3) is 0.565. The van der Waals surface area contributed by atoms with Crippen molar-refractivity contribution in [3.63, 3.8) is 0 Å². The van der Waals surface area contributed by atoms with Gasteiger partial charge in [0.25, 0.3) is 0 Å². The molecule has 1 unspecified atom stereocenters.